The van der Waals surface area contributed by atoms with Gasteiger partial charge in [-0.2, -0.15) is 0 Å². The fourth-order valence-corrected chi connectivity index (χ4v) is 2.80. The fourth-order valence-electron chi connectivity index (χ4n) is 0.591. The molecule has 0 amide bonds. The Labute approximate surface area is 72.0 Å². The summed E-state index contributed by atoms with van der Waals surface area (Å²) in [5, 5.41) is 1.50. The SMILES string of the molecule is O=Cc1ccsc1S(=O)(=O)Cl. The minimum atomic E-state index is -3.74. The number of thiophene rings is 1. The number of halogens is 1. The Morgan fingerprint density at radius 1 is 1.55 bits per heavy atom. The Hall–Kier alpha value is -0.390. The number of carbonyl (C=O) groups is 1. The van der Waals surface area contributed by atoms with E-state index in [4.69, 9.17) is 10.7 Å². The van der Waals surface area contributed by atoms with Crippen LogP contribution in [0.3, 0.4) is 0 Å². The van der Waals surface area contributed by atoms with E-state index in [0.717, 1.165) is 11.3 Å². The fraction of sp³-hybridized carbons (Fsp3) is 0. The zero-order chi connectivity index (χ0) is 8.48. The van der Waals surface area contributed by atoms with Gasteiger partial charge in [0.1, 0.15) is 4.21 Å². The maximum Gasteiger partial charge on any atom is 0.271 e. The summed E-state index contributed by atoms with van der Waals surface area (Å²) in [5.74, 6) is 0. The van der Waals surface area contributed by atoms with Crippen molar-refractivity contribution in [2.24, 2.45) is 0 Å². The van der Waals surface area contributed by atoms with Crippen molar-refractivity contribution >= 4 is 37.4 Å². The Bertz CT molecular complexity index is 365. The first-order valence-corrected chi connectivity index (χ1v) is 5.72. The molecule has 0 bridgehead atoms. The second kappa shape index (κ2) is 2.92. The van der Waals surface area contributed by atoms with Crippen molar-refractivity contribution in [2.75, 3.05) is 0 Å². The van der Waals surface area contributed by atoms with E-state index in [2.05, 4.69) is 0 Å². The predicted octanol–water partition coefficient (Wildman–Crippen LogP) is 1.49. The quantitative estimate of drug-likeness (QED) is 0.549. The van der Waals surface area contributed by atoms with E-state index in [1.165, 1.54) is 11.4 Å². The molecule has 0 aliphatic carbocycles. The molecule has 6 heteroatoms. The van der Waals surface area contributed by atoms with Gasteiger partial charge in [0.2, 0.25) is 0 Å². The monoisotopic (exact) mass is 210 g/mol. The van der Waals surface area contributed by atoms with Crippen LogP contribution in [0.1, 0.15) is 10.4 Å². The second-order valence-corrected chi connectivity index (χ2v) is 5.40. The molecule has 1 aromatic rings. The lowest BCUT2D eigenvalue weighted by atomic mass is 10.4. The third-order valence-electron chi connectivity index (χ3n) is 1.01. The molecule has 0 aliphatic heterocycles. The van der Waals surface area contributed by atoms with E-state index < -0.39 is 9.05 Å². The van der Waals surface area contributed by atoms with Gasteiger partial charge >= 0.3 is 0 Å². The van der Waals surface area contributed by atoms with E-state index >= 15 is 0 Å². The Kier molecular flexibility index (Phi) is 2.31. The summed E-state index contributed by atoms with van der Waals surface area (Å²) in [4.78, 5) is 10.2. The third kappa shape index (κ3) is 1.79. The number of hydrogen-bond acceptors (Lipinski definition) is 4. The first-order chi connectivity index (χ1) is 5.05. The minimum Gasteiger partial charge on any atom is -0.298 e. The van der Waals surface area contributed by atoms with Crippen LogP contribution in [0.25, 0.3) is 0 Å². The van der Waals surface area contributed by atoms with Crippen molar-refractivity contribution in [3.8, 4) is 0 Å². The van der Waals surface area contributed by atoms with Crippen LogP contribution in [0.15, 0.2) is 15.7 Å². The molecule has 0 saturated heterocycles. The highest BCUT2D eigenvalue weighted by Gasteiger charge is 2.16. The van der Waals surface area contributed by atoms with Crippen molar-refractivity contribution in [3.63, 3.8) is 0 Å². The van der Waals surface area contributed by atoms with Crippen molar-refractivity contribution in [2.45, 2.75) is 4.21 Å². The molecule has 60 valence electrons. The van der Waals surface area contributed by atoms with Gasteiger partial charge in [-0.25, -0.2) is 8.42 Å². The zero-order valence-electron chi connectivity index (χ0n) is 5.15. The van der Waals surface area contributed by atoms with Gasteiger partial charge in [0.15, 0.2) is 6.29 Å². The highest BCUT2D eigenvalue weighted by molar-refractivity contribution is 8.15. The maximum atomic E-state index is 10.7. The molecule has 3 nitrogen and oxygen atoms in total. The molecular formula is C5H3ClO3S2. The molecule has 0 radical (unpaired) electrons. The summed E-state index contributed by atoms with van der Waals surface area (Å²) in [6, 6.07) is 1.41. The average molecular weight is 211 g/mol. The van der Waals surface area contributed by atoms with E-state index in [-0.39, 0.29) is 9.77 Å². The van der Waals surface area contributed by atoms with Crippen LogP contribution in [0.2, 0.25) is 0 Å². The number of rotatable bonds is 2. The molecule has 1 aromatic heterocycles. The van der Waals surface area contributed by atoms with Crippen LogP contribution in [0, 0.1) is 0 Å². The highest BCUT2D eigenvalue weighted by Crippen LogP contribution is 2.24. The molecule has 1 heterocycles. The zero-order valence-corrected chi connectivity index (χ0v) is 7.54. The first-order valence-electron chi connectivity index (χ1n) is 2.53. The Balaban J connectivity index is 3.35. The third-order valence-corrected chi connectivity index (χ3v) is 4.09. The molecule has 0 spiro atoms. The van der Waals surface area contributed by atoms with Gasteiger partial charge in [-0.05, 0) is 11.4 Å². The van der Waals surface area contributed by atoms with Crippen LogP contribution in [0.4, 0.5) is 0 Å². The van der Waals surface area contributed by atoms with E-state index in [0.29, 0.717) is 6.29 Å². The Morgan fingerprint density at radius 3 is 2.55 bits per heavy atom. The standard InChI is InChI=1S/C5H3ClO3S2/c6-11(8,9)5-4(3-7)1-2-10-5/h1-3H. The van der Waals surface area contributed by atoms with Crippen molar-refractivity contribution in [3.05, 3.63) is 17.0 Å². The van der Waals surface area contributed by atoms with Crippen LogP contribution >= 0.6 is 22.0 Å². The molecule has 0 fully saturated rings. The highest BCUT2D eigenvalue weighted by atomic mass is 35.7. The summed E-state index contributed by atoms with van der Waals surface area (Å²) in [6.45, 7) is 0. The summed E-state index contributed by atoms with van der Waals surface area (Å²) < 4.78 is 21.3. The van der Waals surface area contributed by atoms with Gasteiger partial charge in [0, 0.05) is 16.2 Å². The molecule has 0 saturated carbocycles. The molecule has 0 atom stereocenters. The van der Waals surface area contributed by atoms with E-state index in [1.807, 2.05) is 0 Å². The average Bonchev–Trinajstić information content (AvgIpc) is 2.31. The minimum absolute atomic E-state index is 0.0887. The van der Waals surface area contributed by atoms with Gasteiger partial charge < -0.3 is 0 Å². The lowest BCUT2D eigenvalue weighted by Gasteiger charge is -1.88. The lowest BCUT2D eigenvalue weighted by Crippen LogP contribution is -1.90. The van der Waals surface area contributed by atoms with Gasteiger partial charge in [-0.3, -0.25) is 4.79 Å². The van der Waals surface area contributed by atoms with Crippen LogP contribution in [-0.4, -0.2) is 14.7 Å². The van der Waals surface area contributed by atoms with Crippen molar-refractivity contribution < 1.29 is 13.2 Å². The summed E-state index contributed by atoms with van der Waals surface area (Å²) >= 11 is 0.930. The molecule has 0 unspecified atom stereocenters. The molecule has 0 N–H and O–H groups in total. The first kappa shape index (κ1) is 8.70. The molecule has 0 aromatic carbocycles. The Morgan fingerprint density at radius 2 is 2.18 bits per heavy atom. The maximum absolute atomic E-state index is 10.7. The van der Waals surface area contributed by atoms with Crippen LogP contribution in [-0.2, 0) is 9.05 Å². The number of hydrogen-bond donors (Lipinski definition) is 0. The lowest BCUT2D eigenvalue weighted by molar-refractivity contribution is 0.112. The largest absolute Gasteiger partial charge is 0.298 e. The molecule has 0 aliphatic rings. The van der Waals surface area contributed by atoms with Gasteiger partial charge in [-0.1, -0.05) is 0 Å². The summed E-state index contributed by atoms with van der Waals surface area (Å²) in [7, 11) is 1.26. The van der Waals surface area contributed by atoms with Crippen molar-refractivity contribution in [1.82, 2.24) is 0 Å². The summed E-state index contributed by atoms with van der Waals surface area (Å²) in [5.41, 5.74) is 0.116. The molecule has 1 rings (SSSR count). The van der Waals surface area contributed by atoms with Crippen LogP contribution < -0.4 is 0 Å². The normalized spacial score (nSPS) is 11.4. The molecular weight excluding hydrogens is 208 g/mol. The van der Waals surface area contributed by atoms with Gasteiger partial charge in [0.05, 0.1) is 0 Å². The van der Waals surface area contributed by atoms with E-state index in [9.17, 15) is 13.2 Å². The number of carbonyl (C=O) groups excluding carboxylic acids is 1. The van der Waals surface area contributed by atoms with Crippen molar-refractivity contribution in [1.29, 1.82) is 0 Å². The van der Waals surface area contributed by atoms with Gasteiger partial charge in [-0.15, -0.1) is 11.3 Å². The summed E-state index contributed by atoms with van der Waals surface area (Å²) in [6.07, 6.45) is 0.464. The topological polar surface area (TPSA) is 51.2 Å². The van der Waals surface area contributed by atoms with Crippen LogP contribution in [0.5, 0.6) is 0 Å². The van der Waals surface area contributed by atoms with Gasteiger partial charge in [0.25, 0.3) is 9.05 Å². The number of aldehydes is 1. The predicted molar refractivity (Wildman–Crippen MR) is 42.7 cm³/mol. The molecule has 11 heavy (non-hydrogen) atoms. The van der Waals surface area contributed by atoms with E-state index in [1.54, 1.807) is 0 Å². The smallest absolute Gasteiger partial charge is 0.271 e. The second-order valence-electron chi connectivity index (χ2n) is 1.72.